The first kappa shape index (κ1) is 12.7. The molecule has 3 rings (SSSR count). The van der Waals surface area contributed by atoms with Crippen LogP contribution in [-0.2, 0) is 0 Å². The molecule has 0 N–H and O–H groups in total. The van der Waals surface area contributed by atoms with Gasteiger partial charge in [-0.3, -0.25) is 0 Å². The van der Waals surface area contributed by atoms with E-state index in [0.29, 0.717) is 5.89 Å². The van der Waals surface area contributed by atoms with E-state index in [1.807, 2.05) is 13.8 Å². The van der Waals surface area contributed by atoms with Crippen LogP contribution >= 0.6 is 0 Å². The highest BCUT2D eigenvalue weighted by atomic mass is 19.1. The fourth-order valence-electron chi connectivity index (χ4n) is 2.50. The van der Waals surface area contributed by atoms with Gasteiger partial charge >= 0.3 is 0 Å². The van der Waals surface area contributed by atoms with E-state index in [1.165, 1.54) is 0 Å². The van der Waals surface area contributed by atoms with Gasteiger partial charge in [0.15, 0.2) is 0 Å². The zero-order valence-corrected chi connectivity index (χ0v) is 10.9. The third-order valence-corrected chi connectivity index (χ3v) is 3.79. The van der Waals surface area contributed by atoms with E-state index in [-0.39, 0.29) is 28.6 Å². The van der Waals surface area contributed by atoms with Gasteiger partial charge in [0.05, 0.1) is 17.9 Å². The second kappa shape index (κ2) is 4.10. The fraction of sp³-hybridized carbons (Fsp3) is 0.357. The summed E-state index contributed by atoms with van der Waals surface area (Å²) in [6, 6.07) is 5.25. The van der Waals surface area contributed by atoms with Crippen molar-refractivity contribution in [1.82, 2.24) is 10.1 Å². The summed E-state index contributed by atoms with van der Waals surface area (Å²) in [6.07, 6.45) is 0. The number of benzene rings is 1. The zero-order valence-electron chi connectivity index (χ0n) is 10.9. The lowest BCUT2D eigenvalue weighted by Gasteiger charge is -1.96. The maximum Gasteiger partial charge on any atom is 0.232 e. The van der Waals surface area contributed by atoms with Crippen LogP contribution in [0.4, 0.5) is 8.78 Å². The molecule has 6 heteroatoms. The summed E-state index contributed by atoms with van der Waals surface area (Å²) >= 11 is 0. The molecular formula is C14H11F2N3O. The first-order valence-electron chi connectivity index (χ1n) is 6.13. The standard InChI is InChI=1S/C14H11F2N3O/c1-14(2)10(6-17)11(14)13-18-12(19-20-13)7-3-8(15)5-9(16)4-7/h3-5,10-11H,1-2H3. The lowest BCUT2D eigenvalue weighted by Crippen LogP contribution is -1.90. The number of rotatable bonds is 2. The summed E-state index contributed by atoms with van der Waals surface area (Å²) in [7, 11) is 0. The number of nitriles is 1. The second-order valence-corrected chi connectivity index (χ2v) is 5.52. The monoisotopic (exact) mass is 275 g/mol. The average molecular weight is 275 g/mol. The molecule has 0 aliphatic heterocycles. The minimum absolute atomic E-state index is 0.123. The van der Waals surface area contributed by atoms with Gasteiger partial charge in [0.25, 0.3) is 0 Å². The van der Waals surface area contributed by atoms with E-state index >= 15 is 0 Å². The molecule has 1 fully saturated rings. The van der Waals surface area contributed by atoms with Gasteiger partial charge in [-0.2, -0.15) is 10.2 Å². The van der Waals surface area contributed by atoms with Crippen LogP contribution in [0.15, 0.2) is 22.7 Å². The molecule has 2 atom stereocenters. The van der Waals surface area contributed by atoms with E-state index in [0.717, 1.165) is 18.2 Å². The minimum Gasteiger partial charge on any atom is -0.339 e. The van der Waals surface area contributed by atoms with Crippen LogP contribution in [0.1, 0.15) is 25.7 Å². The number of aromatic nitrogens is 2. The molecule has 102 valence electrons. The zero-order chi connectivity index (χ0) is 14.5. The van der Waals surface area contributed by atoms with Gasteiger partial charge in [0, 0.05) is 11.6 Å². The first-order valence-corrected chi connectivity index (χ1v) is 6.13. The van der Waals surface area contributed by atoms with Crippen LogP contribution in [0.2, 0.25) is 0 Å². The number of hydrogen-bond acceptors (Lipinski definition) is 4. The summed E-state index contributed by atoms with van der Waals surface area (Å²) in [6.45, 7) is 3.88. The van der Waals surface area contributed by atoms with Gasteiger partial charge in [-0.1, -0.05) is 19.0 Å². The molecule has 0 spiro atoms. The summed E-state index contributed by atoms with van der Waals surface area (Å²) in [5, 5.41) is 12.8. The van der Waals surface area contributed by atoms with Crippen molar-refractivity contribution in [3.63, 3.8) is 0 Å². The van der Waals surface area contributed by atoms with Crippen LogP contribution in [-0.4, -0.2) is 10.1 Å². The number of halogens is 2. The van der Waals surface area contributed by atoms with Crippen molar-refractivity contribution in [1.29, 1.82) is 5.26 Å². The fourth-order valence-corrected chi connectivity index (χ4v) is 2.50. The largest absolute Gasteiger partial charge is 0.339 e. The Kier molecular flexibility index (Phi) is 2.61. The van der Waals surface area contributed by atoms with Crippen LogP contribution in [0, 0.1) is 34.3 Å². The van der Waals surface area contributed by atoms with E-state index in [2.05, 4.69) is 16.2 Å². The van der Waals surface area contributed by atoms with Gasteiger partial charge in [-0.15, -0.1) is 0 Å². The Morgan fingerprint density at radius 1 is 1.25 bits per heavy atom. The van der Waals surface area contributed by atoms with Crippen molar-refractivity contribution in [2.24, 2.45) is 11.3 Å². The molecule has 2 unspecified atom stereocenters. The van der Waals surface area contributed by atoms with Gasteiger partial charge in [-0.25, -0.2) is 8.78 Å². The predicted molar refractivity (Wildman–Crippen MR) is 65.3 cm³/mol. The van der Waals surface area contributed by atoms with Crippen molar-refractivity contribution >= 4 is 0 Å². The molecule has 1 aliphatic carbocycles. The molecule has 1 heterocycles. The van der Waals surface area contributed by atoms with Crippen LogP contribution in [0.25, 0.3) is 11.4 Å². The van der Waals surface area contributed by atoms with Crippen molar-refractivity contribution in [2.75, 3.05) is 0 Å². The third-order valence-electron chi connectivity index (χ3n) is 3.79. The Balaban J connectivity index is 1.94. The van der Waals surface area contributed by atoms with E-state index in [9.17, 15) is 8.78 Å². The quantitative estimate of drug-likeness (QED) is 0.843. The van der Waals surface area contributed by atoms with Crippen LogP contribution in [0.5, 0.6) is 0 Å². The van der Waals surface area contributed by atoms with Crippen molar-refractivity contribution in [3.8, 4) is 17.5 Å². The van der Waals surface area contributed by atoms with Gasteiger partial charge in [0.1, 0.15) is 11.6 Å². The average Bonchev–Trinajstić information content (AvgIpc) is 2.74. The van der Waals surface area contributed by atoms with Crippen molar-refractivity contribution in [3.05, 3.63) is 35.7 Å². The Labute approximate surface area is 114 Å². The van der Waals surface area contributed by atoms with E-state index in [1.54, 1.807) is 0 Å². The lowest BCUT2D eigenvalue weighted by molar-refractivity contribution is 0.368. The SMILES string of the molecule is CC1(C)C(C#N)C1c1nc(-c2cc(F)cc(F)c2)no1. The van der Waals surface area contributed by atoms with E-state index < -0.39 is 11.6 Å². The Hall–Kier alpha value is -2.29. The highest BCUT2D eigenvalue weighted by Crippen LogP contribution is 2.63. The summed E-state index contributed by atoms with van der Waals surface area (Å²) in [5.74, 6) is -1.26. The van der Waals surface area contributed by atoms with Crippen molar-refractivity contribution in [2.45, 2.75) is 19.8 Å². The number of nitrogens with zero attached hydrogens (tertiary/aromatic N) is 3. The van der Waals surface area contributed by atoms with E-state index in [4.69, 9.17) is 9.78 Å². The third kappa shape index (κ3) is 1.86. The van der Waals surface area contributed by atoms with Gasteiger partial charge in [0.2, 0.25) is 11.7 Å². The maximum atomic E-state index is 13.2. The smallest absolute Gasteiger partial charge is 0.232 e. The van der Waals surface area contributed by atoms with Crippen LogP contribution < -0.4 is 0 Å². The molecule has 0 amide bonds. The molecule has 0 saturated heterocycles. The molecule has 1 aliphatic rings. The van der Waals surface area contributed by atoms with Gasteiger partial charge in [-0.05, 0) is 17.5 Å². The maximum absolute atomic E-state index is 13.2. The molecule has 2 aromatic rings. The highest BCUT2D eigenvalue weighted by Gasteiger charge is 2.62. The molecule has 0 radical (unpaired) electrons. The molecule has 0 bridgehead atoms. The predicted octanol–water partition coefficient (Wildman–Crippen LogP) is 3.28. The van der Waals surface area contributed by atoms with Gasteiger partial charge < -0.3 is 4.52 Å². The molecule has 1 aromatic heterocycles. The molecule has 1 saturated carbocycles. The molecule has 1 aromatic carbocycles. The molecule has 4 nitrogen and oxygen atoms in total. The highest BCUT2D eigenvalue weighted by molar-refractivity contribution is 5.54. The minimum atomic E-state index is -0.701. The Morgan fingerprint density at radius 2 is 1.90 bits per heavy atom. The normalized spacial score (nSPS) is 23.4. The van der Waals surface area contributed by atoms with Crippen LogP contribution in [0.3, 0.4) is 0 Å². The topological polar surface area (TPSA) is 62.7 Å². The second-order valence-electron chi connectivity index (χ2n) is 5.52. The Bertz CT molecular complexity index is 697. The molecule has 20 heavy (non-hydrogen) atoms. The first-order chi connectivity index (χ1) is 9.43. The molecular weight excluding hydrogens is 264 g/mol. The number of hydrogen-bond donors (Lipinski definition) is 0. The Morgan fingerprint density at radius 3 is 2.45 bits per heavy atom. The summed E-state index contributed by atoms with van der Waals surface area (Å²) < 4.78 is 31.5. The van der Waals surface area contributed by atoms with Crippen molar-refractivity contribution < 1.29 is 13.3 Å². The summed E-state index contributed by atoms with van der Waals surface area (Å²) in [5.41, 5.74) is -0.00406. The summed E-state index contributed by atoms with van der Waals surface area (Å²) in [4.78, 5) is 4.16. The lowest BCUT2D eigenvalue weighted by atomic mass is 10.1.